The van der Waals surface area contributed by atoms with Crippen molar-refractivity contribution in [3.05, 3.63) is 45.9 Å². The first-order valence-electron chi connectivity index (χ1n) is 8.67. The molecular weight excluding hydrogens is 332 g/mol. The molecule has 0 aliphatic carbocycles. The van der Waals surface area contributed by atoms with Gasteiger partial charge in [-0.2, -0.15) is 0 Å². The maximum Gasteiger partial charge on any atom is 0.191 e. The van der Waals surface area contributed by atoms with Crippen LogP contribution in [0.4, 0.5) is 0 Å². The number of nitrogens with zero attached hydrogens (tertiary/aromatic N) is 2. The fourth-order valence-corrected chi connectivity index (χ4v) is 3.13. The number of para-hydroxylation sites is 1. The van der Waals surface area contributed by atoms with Crippen molar-refractivity contribution in [2.45, 2.75) is 39.7 Å². The molecule has 0 bridgehead atoms. The summed E-state index contributed by atoms with van der Waals surface area (Å²) in [6.45, 7) is 8.55. The molecular formula is C19H28N4OS. The highest BCUT2D eigenvalue weighted by Gasteiger charge is 2.06. The summed E-state index contributed by atoms with van der Waals surface area (Å²) in [6.07, 6.45) is 0.907. The third-order valence-corrected chi connectivity index (χ3v) is 4.62. The summed E-state index contributed by atoms with van der Waals surface area (Å²) in [5.41, 5.74) is 2.32. The number of ether oxygens (including phenoxy) is 1. The molecule has 0 fully saturated rings. The molecule has 0 spiro atoms. The van der Waals surface area contributed by atoms with Crippen LogP contribution in [0, 0.1) is 6.92 Å². The number of aryl methyl sites for hydroxylation is 1. The van der Waals surface area contributed by atoms with Crippen molar-refractivity contribution in [1.82, 2.24) is 15.6 Å². The predicted molar refractivity (Wildman–Crippen MR) is 106 cm³/mol. The summed E-state index contributed by atoms with van der Waals surface area (Å²) < 4.78 is 5.80. The Hall–Kier alpha value is -2.08. The van der Waals surface area contributed by atoms with E-state index in [1.807, 2.05) is 18.2 Å². The maximum absolute atomic E-state index is 5.80. The molecule has 2 aromatic rings. The lowest BCUT2D eigenvalue weighted by Gasteiger charge is -2.12. The second kappa shape index (κ2) is 10.0. The lowest BCUT2D eigenvalue weighted by molar-refractivity contribution is 0.309. The average Bonchev–Trinajstić information content (AvgIpc) is 3.08. The molecule has 0 aliphatic rings. The van der Waals surface area contributed by atoms with Gasteiger partial charge in [0.25, 0.3) is 0 Å². The van der Waals surface area contributed by atoms with Gasteiger partial charge in [-0.05, 0) is 30.9 Å². The number of nitrogens with one attached hydrogen (secondary N) is 2. The molecule has 1 heterocycles. The molecule has 0 aliphatic heterocycles. The monoisotopic (exact) mass is 360 g/mol. The molecule has 0 amide bonds. The van der Waals surface area contributed by atoms with Gasteiger partial charge in [-0.1, -0.05) is 32.0 Å². The Balaban J connectivity index is 1.65. The number of hydrogen-bond acceptors (Lipinski definition) is 4. The molecule has 2 rings (SSSR count). The number of aromatic nitrogens is 1. The van der Waals surface area contributed by atoms with Crippen LogP contribution in [0.5, 0.6) is 5.75 Å². The van der Waals surface area contributed by atoms with Crippen LogP contribution < -0.4 is 15.4 Å². The molecule has 0 saturated heterocycles. The van der Waals surface area contributed by atoms with Gasteiger partial charge in [0, 0.05) is 19.0 Å². The van der Waals surface area contributed by atoms with E-state index in [0.29, 0.717) is 19.1 Å². The number of thiazole rings is 1. The zero-order valence-electron chi connectivity index (χ0n) is 15.5. The van der Waals surface area contributed by atoms with Crippen molar-refractivity contribution in [3.63, 3.8) is 0 Å². The molecule has 25 heavy (non-hydrogen) atoms. The Labute approximate surface area is 154 Å². The zero-order valence-corrected chi connectivity index (χ0v) is 16.3. The fourth-order valence-electron chi connectivity index (χ4n) is 2.23. The van der Waals surface area contributed by atoms with Crippen LogP contribution in [-0.2, 0) is 6.54 Å². The molecule has 0 saturated carbocycles. The van der Waals surface area contributed by atoms with E-state index in [1.54, 1.807) is 18.4 Å². The van der Waals surface area contributed by atoms with Gasteiger partial charge in [-0.3, -0.25) is 4.99 Å². The second-order valence-electron chi connectivity index (χ2n) is 6.14. The van der Waals surface area contributed by atoms with E-state index < -0.39 is 0 Å². The van der Waals surface area contributed by atoms with Gasteiger partial charge in [0.2, 0.25) is 0 Å². The molecule has 5 nitrogen and oxygen atoms in total. The number of hydrogen-bond donors (Lipinski definition) is 2. The minimum absolute atomic E-state index is 0.468. The molecule has 0 unspecified atom stereocenters. The minimum atomic E-state index is 0.468. The van der Waals surface area contributed by atoms with Crippen molar-refractivity contribution < 1.29 is 4.74 Å². The topological polar surface area (TPSA) is 58.5 Å². The number of benzene rings is 1. The van der Waals surface area contributed by atoms with E-state index in [1.165, 1.54) is 0 Å². The number of aliphatic imine (C=N–C) groups is 1. The quantitative estimate of drug-likeness (QED) is 0.428. The Morgan fingerprint density at radius 3 is 2.76 bits per heavy atom. The van der Waals surface area contributed by atoms with E-state index in [-0.39, 0.29) is 0 Å². The minimum Gasteiger partial charge on any atom is -0.493 e. The highest BCUT2D eigenvalue weighted by molar-refractivity contribution is 7.09. The normalized spacial score (nSPS) is 11.6. The maximum atomic E-state index is 5.80. The Morgan fingerprint density at radius 1 is 1.28 bits per heavy atom. The molecule has 136 valence electrons. The first kappa shape index (κ1) is 19.2. The van der Waals surface area contributed by atoms with Gasteiger partial charge >= 0.3 is 0 Å². The van der Waals surface area contributed by atoms with Crippen LogP contribution in [0.15, 0.2) is 34.6 Å². The highest BCUT2D eigenvalue weighted by Crippen LogP contribution is 2.17. The van der Waals surface area contributed by atoms with Gasteiger partial charge in [-0.25, -0.2) is 4.98 Å². The van der Waals surface area contributed by atoms with E-state index in [2.05, 4.69) is 52.8 Å². The highest BCUT2D eigenvalue weighted by atomic mass is 32.1. The fraction of sp³-hybridized carbons (Fsp3) is 0.474. The Morgan fingerprint density at radius 2 is 2.08 bits per heavy atom. The van der Waals surface area contributed by atoms with Crippen LogP contribution in [-0.4, -0.2) is 31.1 Å². The lowest BCUT2D eigenvalue weighted by Crippen LogP contribution is -2.37. The molecule has 0 radical (unpaired) electrons. The first-order chi connectivity index (χ1) is 12.1. The first-order valence-corrected chi connectivity index (χ1v) is 9.55. The summed E-state index contributed by atoms with van der Waals surface area (Å²) in [6, 6.07) is 8.08. The third kappa shape index (κ3) is 6.38. The standard InChI is InChI=1S/C19H28N4OS/c1-14(2)16-13-25-18(23-16)12-22-19(20-4)21-10-7-11-24-17-9-6-5-8-15(17)3/h5-6,8-9,13-14H,7,10-12H2,1-4H3,(H2,20,21,22). The van der Waals surface area contributed by atoms with Crippen molar-refractivity contribution in [3.8, 4) is 5.75 Å². The Kier molecular flexibility index (Phi) is 7.73. The van der Waals surface area contributed by atoms with Gasteiger partial charge < -0.3 is 15.4 Å². The van der Waals surface area contributed by atoms with E-state index in [0.717, 1.165) is 40.9 Å². The second-order valence-corrected chi connectivity index (χ2v) is 7.08. The van der Waals surface area contributed by atoms with Crippen molar-refractivity contribution in [2.24, 2.45) is 4.99 Å². The van der Waals surface area contributed by atoms with Gasteiger partial charge in [0.05, 0.1) is 18.8 Å². The molecule has 1 aromatic carbocycles. The number of rotatable bonds is 8. The smallest absolute Gasteiger partial charge is 0.191 e. The SMILES string of the molecule is CN=C(NCCCOc1ccccc1C)NCc1nc(C(C)C)cs1. The Bertz CT molecular complexity index is 682. The van der Waals surface area contributed by atoms with Gasteiger partial charge in [0.1, 0.15) is 10.8 Å². The summed E-state index contributed by atoms with van der Waals surface area (Å²) >= 11 is 1.68. The summed E-state index contributed by atoms with van der Waals surface area (Å²) in [5, 5.41) is 9.81. The summed E-state index contributed by atoms with van der Waals surface area (Å²) in [4.78, 5) is 8.87. The third-order valence-electron chi connectivity index (χ3n) is 3.76. The molecule has 2 N–H and O–H groups in total. The van der Waals surface area contributed by atoms with Crippen LogP contribution in [0.1, 0.15) is 42.5 Å². The number of guanidine groups is 1. The zero-order chi connectivity index (χ0) is 18.1. The lowest BCUT2D eigenvalue weighted by atomic mass is 10.2. The molecule has 0 atom stereocenters. The van der Waals surface area contributed by atoms with E-state index in [4.69, 9.17) is 4.74 Å². The average molecular weight is 361 g/mol. The predicted octanol–water partition coefficient (Wildman–Crippen LogP) is 3.71. The summed E-state index contributed by atoms with van der Waals surface area (Å²) in [7, 11) is 1.78. The molecule has 6 heteroatoms. The van der Waals surface area contributed by atoms with Crippen LogP contribution in [0.3, 0.4) is 0 Å². The van der Waals surface area contributed by atoms with Crippen LogP contribution >= 0.6 is 11.3 Å². The van der Waals surface area contributed by atoms with Crippen molar-refractivity contribution in [2.75, 3.05) is 20.2 Å². The van der Waals surface area contributed by atoms with Crippen LogP contribution in [0.25, 0.3) is 0 Å². The van der Waals surface area contributed by atoms with Crippen molar-refractivity contribution >= 4 is 17.3 Å². The summed E-state index contributed by atoms with van der Waals surface area (Å²) in [5.74, 6) is 2.21. The van der Waals surface area contributed by atoms with Gasteiger partial charge in [-0.15, -0.1) is 11.3 Å². The van der Waals surface area contributed by atoms with E-state index in [9.17, 15) is 0 Å². The van der Waals surface area contributed by atoms with Crippen molar-refractivity contribution in [1.29, 1.82) is 0 Å². The largest absolute Gasteiger partial charge is 0.493 e. The van der Waals surface area contributed by atoms with Crippen LogP contribution in [0.2, 0.25) is 0 Å². The molecule has 1 aromatic heterocycles. The van der Waals surface area contributed by atoms with Gasteiger partial charge in [0.15, 0.2) is 5.96 Å². The van der Waals surface area contributed by atoms with E-state index >= 15 is 0 Å².